The molecule has 0 aromatic carbocycles. The first-order valence-corrected chi connectivity index (χ1v) is 9.44. The Hall–Kier alpha value is -2.68. The molecule has 0 saturated heterocycles. The average molecular weight is 390 g/mol. The molecule has 3 heterocycles. The van der Waals surface area contributed by atoms with Crippen molar-refractivity contribution in [2.75, 3.05) is 0 Å². The first-order valence-electron chi connectivity index (χ1n) is 8.62. The van der Waals surface area contributed by atoms with E-state index in [4.69, 9.17) is 0 Å². The van der Waals surface area contributed by atoms with E-state index in [2.05, 4.69) is 10.2 Å². The highest BCUT2D eigenvalue weighted by Gasteiger charge is 2.26. The van der Waals surface area contributed by atoms with Crippen LogP contribution in [0.4, 0.5) is 0 Å². The van der Waals surface area contributed by atoms with E-state index < -0.39 is 17.2 Å². The molecule has 0 radical (unpaired) electrons. The zero-order valence-corrected chi connectivity index (χ0v) is 16.7. The normalized spacial score (nSPS) is 11.6. The average Bonchev–Trinajstić information content (AvgIpc) is 3.12. The Morgan fingerprint density at radius 1 is 1.30 bits per heavy atom. The van der Waals surface area contributed by atoms with Gasteiger partial charge in [-0.15, -0.1) is 11.3 Å². The third-order valence-corrected chi connectivity index (χ3v) is 5.84. The number of H-pyrrole nitrogens is 1. The molecule has 0 aliphatic rings. The van der Waals surface area contributed by atoms with Crippen molar-refractivity contribution in [1.29, 1.82) is 0 Å². The summed E-state index contributed by atoms with van der Waals surface area (Å²) in [4.78, 5) is 38.4. The van der Waals surface area contributed by atoms with Gasteiger partial charge in [0.15, 0.2) is 0 Å². The van der Waals surface area contributed by atoms with Crippen LogP contribution in [0.2, 0.25) is 0 Å². The molecule has 0 aliphatic carbocycles. The van der Waals surface area contributed by atoms with Gasteiger partial charge in [-0.05, 0) is 19.8 Å². The Morgan fingerprint density at radius 2 is 1.96 bits per heavy atom. The van der Waals surface area contributed by atoms with Gasteiger partial charge < -0.3 is 5.11 Å². The molecular formula is C18H22N4O4S. The Labute approximate surface area is 159 Å². The number of aromatic nitrogens is 4. The van der Waals surface area contributed by atoms with Gasteiger partial charge in [-0.25, -0.2) is 9.59 Å². The van der Waals surface area contributed by atoms with E-state index in [9.17, 15) is 19.5 Å². The third kappa shape index (κ3) is 3.12. The number of hydrogen-bond donors (Lipinski definition) is 2. The molecule has 2 N–H and O–H groups in total. The fraction of sp³-hybridized carbons (Fsp3) is 0.444. The van der Waals surface area contributed by atoms with Gasteiger partial charge in [0.05, 0.1) is 16.6 Å². The molecule has 0 fully saturated rings. The number of nitrogens with zero attached hydrogens (tertiary/aromatic N) is 3. The number of aromatic amines is 1. The highest BCUT2D eigenvalue weighted by atomic mass is 32.1. The topological polar surface area (TPSA) is 110 Å². The minimum Gasteiger partial charge on any atom is -0.478 e. The van der Waals surface area contributed by atoms with Crippen molar-refractivity contribution in [2.24, 2.45) is 13.0 Å². The predicted molar refractivity (Wildman–Crippen MR) is 104 cm³/mol. The lowest BCUT2D eigenvalue weighted by atomic mass is 10.1. The second kappa shape index (κ2) is 6.80. The Morgan fingerprint density at radius 3 is 2.48 bits per heavy atom. The number of carboxylic acids is 1. The quantitative estimate of drug-likeness (QED) is 0.693. The minimum absolute atomic E-state index is 0.0203. The van der Waals surface area contributed by atoms with Crippen LogP contribution in [0.3, 0.4) is 0 Å². The van der Waals surface area contributed by atoms with Gasteiger partial charge in [-0.2, -0.15) is 5.10 Å². The lowest BCUT2D eigenvalue weighted by Gasteiger charge is -2.11. The van der Waals surface area contributed by atoms with E-state index in [1.165, 1.54) is 23.0 Å². The fourth-order valence-electron chi connectivity index (χ4n) is 3.25. The van der Waals surface area contributed by atoms with E-state index in [1.54, 1.807) is 0 Å². The van der Waals surface area contributed by atoms with Crippen LogP contribution < -0.4 is 11.2 Å². The van der Waals surface area contributed by atoms with Crippen LogP contribution in [-0.2, 0) is 20.0 Å². The lowest BCUT2D eigenvalue weighted by Crippen LogP contribution is -2.38. The smallest absolute Gasteiger partial charge is 0.337 e. The van der Waals surface area contributed by atoms with Gasteiger partial charge in [-0.1, -0.05) is 13.8 Å². The Kier molecular flexibility index (Phi) is 4.81. The van der Waals surface area contributed by atoms with Crippen LogP contribution in [0.1, 0.15) is 46.0 Å². The van der Waals surface area contributed by atoms with Gasteiger partial charge in [0.1, 0.15) is 4.83 Å². The number of aryl methyl sites for hydroxylation is 2. The van der Waals surface area contributed by atoms with E-state index in [0.29, 0.717) is 22.7 Å². The number of hydrogen-bond acceptors (Lipinski definition) is 5. The molecule has 0 saturated carbocycles. The summed E-state index contributed by atoms with van der Waals surface area (Å²) in [7, 11) is 1.38. The Balaban J connectivity index is 2.37. The number of thiophene rings is 1. The number of rotatable bonds is 5. The largest absolute Gasteiger partial charge is 0.478 e. The summed E-state index contributed by atoms with van der Waals surface area (Å²) in [5, 5.41) is 17.0. The standard InChI is InChI=1S/C18H22N4O4S/c1-8(2)7-22-16-14(15(23)21(5)18(22)26)13(17(24)25)12(27-16)6-11-9(3)19-20-10(11)4/h8H,6-7H2,1-5H3,(H,19,20)(H,24,25). The third-order valence-electron chi connectivity index (χ3n) is 4.62. The van der Waals surface area contributed by atoms with E-state index in [1.807, 2.05) is 27.7 Å². The zero-order valence-electron chi connectivity index (χ0n) is 15.9. The maximum atomic E-state index is 12.7. The van der Waals surface area contributed by atoms with Gasteiger partial charge >= 0.3 is 11.7 Å². The minimum atomic E-state index is -1.16. The first-order chi connectivity index (χ1) is 12.6. The summed E-state index contributed by atoms with van der Waals surface area (Å²) in [6.07, 6.45) is 0.341. The highest BCUT2D eigenvalue weighted by molar-refractivity contribution is 7.19. The molecular weight excluding hydrogens is 368 g/mol. The summed E-state index contributed by atoms with van der Waals surface area (Å²) in [5.41, 5.74) is 1.52. The van der Waals surface area contributed by atoms with Crippen molar-refractivity contribution in [3.63, 3.8) is 0 Å². The molecule has 0 unspecified atom stereocenters. The van der Waals surface area contributed by atoms with Crippen molar-refractivity contribution in [1.82, 2.24) is 19.3 Å². The second-order valence-electron chi connectivity index (χ2n) is 7.13. The number of nitrogens with one attached hydrogen (secondary N) is 1. The van der Waals surface area contributed by atoms with Crippen molar-refractivity contribution in [2.45, 2.75) is 40.7 Å². The van der Waals surface area contributed by atoms with Crippen LogP contribution in [0.5, 0.6) is 0 Å². The molecule has 144 valence electrons. The summed E-state index contributed by atoms with van der Waals surface area (Å²) in [5.74, 6) is -0.998. The van der Waals surface area contributed by atoms with Crippen LogP contribution in [-0.4, -0.2) is 30.4 Å². The molecule has 3 aromatic heterocycles. The van der Waals surface area contributed by atoms with E-state index in [0.717, 1.165) is 21.5 Å². The van der Waals surface area contributed by atoms with Crippen LogP contribution >= 0.6 is 11.3 Å². The van der Waals surface area contributed by atoms with Crippen molar-refractivity contribution >= 4 is 27.5 Å². The second-order valence-corrected chi connectivity index (χ2v) is 8.21. The lowest BCUT2D eigenvalue weighted by molar-refractivity contribution is 0.0698. The number of fused-ring (bicyclic) bond motifs is 1. The molecule has 3 rings (SSSR count). The van der Waals surface area contributed by atoms with Gasteiger partial charge in [-0.3, -0.25) is 19.0 Å². The van der Waals surface area contributed by atoms with Crippen LogP contribution in [0, 0.1) is 19.8 Å². The molecule has 3 aromatic rings. The molecule has 0 bridgehead atoms. The van der Waals surface area contributed by atoms with E-state index >= 15 is 0 Å². The zero-order chi connectivity index (χ0) is 20.0. The van der Waals surface area contributed by atoms with Crippen LogP contribution in [0.25, 0.3) is 10.2 Å². The van der Waals surface area contributed by atoms with Crippen molar-refractivity contribution < 1.29 is 9.90 Å². The number of carboxylic acid groups (broad SMARTS) is 1. The van der Waals surface area contributed by atoms with Crippen LogP contribution in [0.15, 0.2) is 9.59 Å². The molecule has 27 heavy (non-hydrogen) atoms. The Bertz CT molecular complexity index is 1140. The first kappa shape index (κ1) is 19.1. The number of carbonyl (C=O) groups is 1. The summed E-state index contributed by atoms with van der Waals surface area (Å²) >= 11 is 1.20. The molecule has 0 spiro atoms. The molecule has 0 amide bonds. The van der Waals surface area contributed by atoms with Gasteiger partial charge in [0, 0.05) is 36.1 Å². The maximum absolute atomic E-state index is 12.7. The molecule has 9 heteroatoms. The molecule has 0 aliphatic heterocycles. The van der Waals surface area contributed by atoms with Crippen molar-refractivity contribution in [3.8, 4) is 0 Å². The fourth-order valence-corrected chi connectivity index (χ4v) is 4.54. The maximum Gasteiger partial charge on any atom is 0.337 e. The van der Waals surface area contributed by atoms with Gasteiger partial charge in [0.2, 0.25) is 0 Å². The monoisotopic (exact) mass is 390 g/mol. The summed E-state index contributed by atoms with van der Waals surface area (Å²) in [6.45, 7) is 8.06. The predicted octanol–water partition coefficient (Wildman–Crippen LogP) is 2.05. The van der Waals surface area contributed by atoms with Gasteiger partial charge in [0.25, 0.3) is 5.56 Å². The SMILES string of the molecule is Cc1n[nH]c(C)c1Cc1sc2c(c1C(=O)O)c(=O)n(C)c(=O)n2CC(C)C. The highest BCUT2D eigenvalue weighted by Crippen LogP contribution is 2.32. The van der Waals surface area contributed by atoms with Crippen molar-refractivity contribution in [3.05, 3.63) is 48.2 Å². The summed E-state index contributed by atoms with van der Waals surface area (Å²) in [6, 6.07) is 0. The molecule has 0 atom stereocenters. The van der Waals surface area contributed by atoms with E-state index in [-0.39, 0.29) is 16.9 Å². The molecule has 8 nitrogen and oxygen atoms in total. The number of aromatic carboxylic acids is 1. The summed E-state index contributed by atoms with van der Waals surface area (Å²) < 4.78 is 2.50.